The summed E-state index contributed by atoms with van der Waals surface area (Å²) < 4.78 is 2.45. The molecule has 0 aliphatic carbocycles. The zero-order valence-corrected chi connectivity index (χ0v) is 16.5. The number of benzene rings is 2. The van der Waals surface area contributed by atoms with E-state index in [0.29, 0.717) is 6.04 Å². The van der Waals surface area contributed by atoms with Gasteiger partial charge in [-0.3, -0.25) is 0 Å². The first-order valence-electron chi connectivity index (χ1n) is 10.6. The summed E-state index contributed by atoms with van der Waals surface area (Å²) in [6.45, 7) is 6.04. The first-order chi connectivity index (χ1) is 13.3. The molecule has 1 fully saturated rings. The number of aromatic nitrogens is 2. The van der Waals surface area contributed by atoms with Crippen molar-refractivity contribution in [2.24, 2.45) is 0 Å². The average molecular weight is 362 g/mol. The molecule has 0 bridgehead atoms. The van der Waals surface area contributed by atoms with E-state index in [0.717, 1.165) is 11.9 Å². The molecule has 2 aromatic carbocycles. The molecule has 3 aromatic rings. The predicted octanol–water partition coefficient (Wildman–Crippen LogP) is 5.45. The van der Waals surface area contributed by atoms with Gasteiger partial charge in [0.2, 0.25) is 0 Å². The van der Waals surface area contributed by atoms with Gasteiger partial charge in [-0.2, -0.15) is 0 Å². The van der Waals surface area contributed by atoms with E-state index in [1.807, 2.05) is 0 Å². The molecule has 3 heteroatoms. The number of likely N-dealkylation sites (tertiary alicyclic amines) is 1. The molecule has 1 aromatic heterocycles. The van der Waals surface area contributed by atoms with Crippen molar-refractivity contribution in [1.82, 2.24) is 14.5 Å². The third-order valence-electron chi connectivity index (χ3n) is 5.91. The first-order valence-corrected chi connectivity index (χ1v) is 10.6. The van der Waals surface area contributed by atoms with Crippen molar-refractivity contribution in [3.05, 3.63) is 66.0 Å². The zero-order valence-electron chi connectivity index (χ0n) is 16.5. The summed E-state index contributed by atoms with van der Waals surface area (Å²) in [5.41, 5.74) is 3.71. The maximum Gasteiger partial charge on any atom is 0.110 e. The lowest BCUT2D eigenvalue weighted by Gasteiger charge is -2.21. The number of fused-ring (bicyclic) bond motifs is 1. The molecule has 1 aliphatic heterocycles. The Morgan fingerprint density at radius 1 is 0.889 bits per heavy atom. The highest BCUT2D eigenvalue weighted by Crippen LogP contribution is 2.26. The van der Waals surface area contributed by atoms with E-state index in [-0.39, 0.29) is 0 Å². The molecule has 0 amide bonds. The Labute approximate surface area is 163 Å². The van der Waals surface area contributed by atoms with Crippen LogP contribution in [0.4, 0.5) is 0 Å². The lowest BCUT2D eigenvalue weighted by atomic mass is 10.1. The van der Waals surface area contributed by atoms with E-state index in [9.17, 15) is 0 Å². The molecule has 1 saturated heterocycles. The second-order valence-electron chi connectivity index (χ2n) is 7.83. The summed E-state index contributed by atoms with van der Waals surface area (Å²) in [7, 11) is 0. The van der Waals surface area contributed by atoms with Gasteiger partial charge in [0.05, 0.1) is 17.1 Å². The Hall–Kier alpha value is -2.13. The van der Waals surface area contributed by atoms with Gasteiger partial charge in [-0.15, -0.1) is 0 Å². The van der Waals surface area contributed by atoms with Crippen LogP contribution in [0.5, 0.6) is 0 Å². The number of rotatable bonds is 6. The number of aryl methyl sites for hydroxylation is 1. The Bertz CT molecular complexity index is 844. The molecule has 0 spiro atoms. The second kappa shape index (κ2) is 8.71. The minimum absolute atomic E-state index is 0.298. The normalized spacial score (nSPS) is 17.1. The summed E-state index contributed by atoms with van der Waals surface area (Å²) in [5, 5.41) is 0. The van der Waals surface area contributed by atoms with Crippen LogP contribution >= 0.6 is 0 Å². The molecule has 1 atom stereocenters. The van der Waals surface area contributed by atoms with Crippen LogP contribution in [-0.2, 0) is 6.42 Å². The van der Waals surface area contributed by atoms with Gasteiger partial charge in [0, 0.05) is 6.42 Å². The standard InChI is InChI=1S/C24H31N3/c1-20(21-12-5-4-6-13-21)27-23-15-8-7-14-22(23)25-24(27)16-11-19-26-17-9-2-3-10-18-26/h4-8,12-15,20H,2-3,9-11,16-19H2,1H3. The Balaban J connectivity index is 1.54. The van der Waals surface area contributed by atoms with Crippen LogP contribution in [0.25, 0.3) is 11.0 Å². The maximum absolute atomic E-state index is 5.00. The van der Waals surface area contributed by atoms with Crippen LogP contribution in [0, 0.1) is 0 Å². The summed E-state index contributed by atoms with van der Waals surface area (Å²) in [4.78, 5) is 7.66. The van der Waals surface area contributed by atoms with Gasteiger partial charge in [-0.25, -0.2) is 4.98 Å². The molecule has 142 valence electrons. The fraction of sp³-hybridized carbons (Fsp3) is 0.458. The lowest BCUT2D eigenvalue weighted by Crippen LogP contribution is -2.26. The molecule has 3 nitrogen and oxygen atoms in total. The Kier molecular flexibility index (Phi) is 5.88. The van der Waals surface area contributed by atoms with Crippen LogP contribution in [0.2, 0.25) is 0 Å². The highest BCUT2D eigenvalue weighted by Gasteiger charge is 2.17. The fourth-order valence-corrected chi connectivity index (χ4v) is 4.40. The van der Waals surface area contributed by atoms with Gasteiger partial charge in [0.1, 0.15) is 5.82 Å². The van der Waals surface area contributed by atoms with Crippen LogP contribution in [-0.4, -0.2) is 34.1 Å². The van der Waals surface area contributed by atoms with Crippen molar-refractivity contribution < 1.29 is 0 Å². The fourth-order valence-electron chi connectivity index (χ4n) is 4.40. The Morgan fingerprint density at radius 2 is 1.59 bits per heavy atom. The number of imidazole rings is 1. The smallest absolute Gasteiger partial charge is 0.110 e. The average Bonchev–Trinajstić information content (AvgIpc) is 2.87. The van der Waals surface area contributed by atoms with Gasteiger partial charge in [0.25, 0.3) is 0 Å². The predicted molar refractivity (Wildman–Crippen MR) is 113 cm³/mol. The third-order valence-corrected chi connectivity index (χ3v) is 5.91. The van der Waals surface area contributed by atoms with E-state index >= 15 is 0 Å². The summed E-state index contributed by atoms with van der Waals surface area (Å²) in [6.07, 6.45) is 7.77. The van der Waals surface area contributed by atoms with Crippen molar-refractivity contribution in [3.63, 3.8) is 0 Å². The summed E-state index contributed by atoms with van der Waals surface area (Å²) in [6, 6.07) is 19.7. The highest BCUT2D eigenvalue weighted by molar-refractivity contribution is 5.76. The van der Waals surface area contributed by atoms with Gasteiger partial charge in [0.15, 0.2) is 0 Å². The summed E-state index contributed by atoms with van der Waals surface area (Å²) in [5.74, 6) is 1.22. The van der Waals surface area contributed by atoms with Crippen molar-refractivity contribution in [2.75, 3.05) is 19.6 Å². The van der Waals surface area contributed by atoms with Crippen LogP contribution < -0.4 is 0 Å². The van der Waals surface area contributed by atoms with Crippen LogP contribution in [0.1, 0.15) is 56.5 Å². The van der Waals surface area contributed by atoms with Gasteiger partial charge < -0.3 is 9.47 Å². The highest BCUT2D eigenvalue weighted by atomic mass is 15.1. The molecule has 4 rings (SSSR count). The largest absolute Gasteiger partial charge is 0.321 e. The zero-order chi connectivity index (χ0) is 18.5. The van der Waals surface area contributed by atoms with E-state index in [1.165, 1.54) is 68.6 Å². The Morgan fingerprint density at radius 3 is 2.37 bits per heavy atom. The SMILES string of the molecule is CC(c1ccccc1)n1c(CCCN2CCCCCC2)nc2ccccc21. The number of hydrogen-bond donors (Lipinski definition) is 0. The molecular formula is C24H31N3. The number of para-hydroxylation sites is 2. The minimum atomic E-state index is 0.298. The summed E-state index contributed by atoms with van der Waals surface area (Å²) >= 11 is 0. The maximum atomic E-state index is 5.00. The van der Waals surface area contributed by atoms with E-state index in [4.69, 9.17) is 4.98 Å². The second-order valence-corrected chi connectivity index (χ2v) is 7.83. The molecule has 0 radical (unpaired) electrons. The van der Waals surface area contributed by atoms with E-state index in [1.54, 1.807) is 0 Å². The molecule has 0 N–H and O–H groups in total. The first kappa shape index (κ1) is 18.2. The van der Waals surface area contributed by atoms with Crippen molar-refractivity contribution >= 4 is 11.0 Å². The van der Waals surface area contributed by atoms with Crippen molar-refractivity contribution in [2.45, 2.75) is 51.5 Å². The van der Waals surface area contributed by atoms with Crippen LogP contribution in [0.3, 0.4) is 0 Å². The molecule has 0 saturated carbocycles. The number of nitrogens with zero attached hydrogens (tertiary/aromatic N) is 3. The van der Waals surface area contributed by atoms with Gasteiger partial charge in [-0.05, 0) is 63.5 Å². The molecule has 27 heavy (non-hydrogen) atoms. The molecule has 1 aliphatic rings. The quantitative estimate of drug-likeness (QED) is 0.582. The van der Waals surface area contributed by atoms with Gasteiger partial charge in [-0.1, -0.05) is 55.3 Å². The monoisotopic (exact) mass is 361 g/mol. The molecular weight excluding hydrogens is 330 g/mol. The minimum Gasteiger partial charge on any atom is -0.321 e. The van der Waals surface area contributed by atoms with Crippen molar-refractivity contribution in [3.8, 4) is 0 Å². The lowest BCUT2D eigenvalue weighted by molar-refractivity contribution is 0.280. The third kappa shape index (κ3) is 4.24. The molecule has 2 heterocycles. The molecule has 1 unspecified atom stereocenters. The topological polar surface area (TPSA) is 21.1 Å². The van der Waals surface area contributed by atoms with Gasteiger partial charge >= 0.3 is 0 Å². The van der Waals surface area contributed by atoms with E-state index < -0.39 is 0 Å². The van der Waals surface area contributed by atoms with Crippen LogP contribution in [0.15, 0.2) is 54.6 Å². The number of hydrogen-bond acceptors (Lipinski definition) is 2. The van der Waals surface area contributed by atoms with Crippen molar-refractivity contribution in [1.29, 1.82) is 0 Å². The van der Waals surface area contributed by atoms with E-state index in [2.05, 4.69) is 71.0 Å².